The number of hydrogen-bond donors (Lipinski definition) is 1. The van der Waals surface area contributed by atoms with Gasteiger partial charge in [-0.25, -0.2) is 0 Å². The molecule has 27 heavy (non-hydrogen) atoms. The maximum Gasteiger partial charge on any atom is 0.387 e. The van der Waals surface area contributed by atoms with Gasteiger partial charge in [0.25, 0.3) is 0 Å². The van der Waals surface area contributed by atoms with Crippen molar-refractivity contribution in [3.63, 3.8) is 0 Å². The Morgan fingerprint density at radius 3 is 2.70 bits per heavy atom. The summed E-state index contributed by atoms with van der Waals surface area (Å²) in [6, 6.07) is 16.6. The first-order chi connectivity index (χ1) is 13.1. The molecule has 1 amide bonds. The number of rotatable bonds is 7. The van der Waals surface area contributed by atoms with Crippen LogP contribution in [0, 0.1) is 5.92 Å². The maximum atomic E-state index is 12.5. The van der Waals surface area contributed by atoms with Gasteiger partial charge in [0.1, 0.15) is 5.75 Å². The number of halogens is 2. The summed E-state index contributed by atoms with van der Waals surface area (Å²) in [6.07, 6.45) is 1.86. The smallest absolute Gasteiger partial charge is 0.387 e. The number of ether oxygens (including phenoxy) is 1. The molecular formula is C21H24F2N2O2. The zero-order valence-electron chi connectivity index (χ0n) is 15.1. The number of amides is 1. The topological polar surface area (TPSA) is 41.6 Å². The van der Waals surface area contributed by atoms with Gasteiger partial charge in [0, 0.05) is 19.6 Å². The van der Waals surface area contributed by atoms with Crippen molar-refractivity contribution in [2.75, 3.05) is 13.1 Å². The summed E-state index contributed by atoms with van der Waals surface area (Å²) in [6.45, 7) is 0.0141. The van der Waals surface area contributed by atoms with Gasteiger partial charge in [0.05, 0.1) is 5.92 Å². The first-order valence-electron chi connectivity index (χ1n) is 9.18. The van der Waals surface area contributed by atoms with E-state index in [1.807, 2.05) is 18.2 Å². The first kappa shape index (κ1) is 19.3. The van der Waals surface area contributed by atoms with Gasteiger partial charge in [-0.3, -0.25) is 9.69 Å². The van der Waals surface area contributed by atoms with Gasteiger partial charge in [0.15, 0.2) is 0 Å². The fourth-order valence-electron chi connectivity index (χ4n) is 3.42. The van der Waals surface area contributed by atoms with Gasteiger partial charge >= 0.3 is 6.61 Å². The van der Waals surface area contributed by atoms with Crippen molar-refractivity contribution in [2.45, 2.75) is 32.5 Å². The molecule has 1 heterocycles. The maximum absolute atomic E-state index is 12.5. The van der Waals surface area contributed by atoms with Crippen molar-refractivity contribution in [1.29, 1.82) is 0 Å². The van der Waals surface area contributed by atoms with Crippen LogP contribution in [0.5, 0.6) is 5.75 Å². The monoisotopic (exact) mass is 374 g/mol. The number of carbonyl (C=O) groups is 1. The minimum Gasteiger partial charge on any atom is -0.435 e. The van der Waals surface area contributed by atoms with Crippen LogP contribution in [0.4, 0.5) is 8.78 Å². The Labute approximate surface area is 158 Å². The highest BCUT2D eigenvalue weighted by atomic mass is 19.3. The largest absolute Gasteiger partial charge is 0.435 e. The standard InChI is InChI=1S/C21H24F2N2O2/c22-21(23)27-19-10-4-8-17(12-19)13-24-20(26)18-9-5-11-25(15-18)14-16-6-2-1-3-7-16/h1-4,6-8,10,12,18,21H,5,9,11,13-15H2,(H,24,26). The molecule has 6 heteroatoms. The second-order valence-electron chi connectivity index (χ2n) is 6.80. The third kappa shape index (κ3) is 6.03. The summed E-state index contributed by atoms with van der Waals surface area (Å²) in [5, 5.41) is 2.92. The number of nitrogens with zero attached hydrogens (tertiary/aromatic N) is 1. The molecule has 0 bridgehead atoms. The Balaban J connectivity index is 1.50. The summed E-state index contributed by atoms with van der Waals surface area (Å²) in [7, 11) is 0. The van der Waals surface area contributed by atoms with Crippen LogP contribution < -0.4 is 10.1 Å². The van der Waals surface area contributed by atoms with Crippen LogP contribution in [-0.4, -0.2) is 30.5 Å². The molecule has 2 aromatic rings. The van der Waals surface area contributed by atoms with Crippen LogP contribution in [0.25, 0.3) is 0 Å². The molecule has 0 aromatic heterocycles. The molecule has 1 saturated heterocycles. The number of likely N-dealkylation sites (tertiary alicyclic amines) is 1. The highest BCUT2D eigenvalue weighted by Crippen LogP contribution is 2.20. The predicted octanol–water partition coefficient (Wildman–Crippen LogP) is 3.82. The fraction of sp³-hybridized carbons (Fsp3) is 0.381. The highest BCUT2D eigenvalue weighted by Gasteiger charge is 2.25. The molecule has 1 aliphatic rings. The van der Waals surface area contributed by atoms with Crippen LogP contribution in [0.3, 0.4) is 0 Å². The van der Waals surface area contributed by atoms with E-state index in [0.29, 0.717) is 6.54 Å². The van der Waals surface area contributed by atoms with Crippen LogP contribution in [0.1, 0.15) is 24.0 Å². The summed E-state index contributed by atoms with van der Waals surface area (Å²) < 4.78 is 29.0. The Morgan fingerprint density at radius 2 is 1.93 bits per heavy atom. The second-order valence-corrected chi connectivity index (χ2v) is 6.80. The lowest BCUT2D eigenvalue weighted by Gasteiger charge is -2.32. The molecule has 0 radical (unpaired) electrons. The number of piperidine rings is 1. The SMILES string of the molecule is O=C(NCc1cccc(OC(F)F)c1)C1CCCN(Cc2ccccc2)C1. The van der Waals surface area contributed by atoms with Crippen LogP contribution >= 0.6 is 0 Å². The zero-order valence-corrected chi connectivity index (χ0v) is 15.1. The lowest BCUT2D eigenvalue weighted by Crippen LogP contribution is -2.42. The number of hydrogen-bond acceptors (Lipinski definition) is 3. The first-order valence-corrected chi connectivity index (χ1v) is 9.18. The van der Waals surface area contributed by atoms with Crippen LogP contribution in [-0.2, 0) is 17.9 Å². The van der Waals surface area contributed by atoms with E-state index >= 15 is 0 Å². The lowest BCUT2D eigenvalue weighted by molar-refractivity contribution is -0.127. The van der Waals surface area contributed by atoms with Crippen LogP contribution in [0.2, 0.25) is 0 Å². The van der Waals surface area contributed by atoms with E-state index in [4.69, 9.17) is 0 Å². The Hall–Kier alpha value is -2.47. The molecule has 0 spiro atoms. The van der Waals surface area contributed by atoms with Gasteiger partial charge in [0.2, 0.25) is 5.91 Å². The summed E-state index contributed by atoms with van der Waals surface area (Å²) in [4.78, 5) is 14.8. The molecule has 1 unspecified atom stereocenters. The molecule has 0 aliphatic carbocycles. The molecule has 4 nitrogen and oxygen atoms in total. The minimum absolute atomic E-state index is 0.00735. The number of benzene rings is 2. The fourth-order valence-corrected chi connectivity index (χ4v) is 3.42. The van der Waals surface area contributed by atoms with Gasteiger partial charge in [-0.15, -0.1) is 0 Å². The van der Waals surface area contributed by atoms with E-state index < -0.39 is 6.61 Å². The van der Waals surface area contributed by atoms with E-state index in [1.54, 1.807) is 12.1 Å². The van der Waals surface area contributed by atoms with E-state index in [9.17, 15) is 13.6 Å². The predicted molar refractivity (Wildman–Crippen MR) is 99.4 cm³/mol. The molecule has 1 atom stereocenters. The summed E-state index contributed by atoms with van der Waals surface area (Å²) in [5.74, 6) is 0.0550. The molecule has 1 N–H and O–H groups in total. The van der Waals surface area contributed by atoms with Crippen LogP contribution in [0.15, 0.2) is 54.6 Å². The van der Waals surface area contributed by atoms with Crippen molar-refractivity contribution in [3.05, 3.63) is 65.7 Å². The Kier molecular flexibility index (Phi) is 6.76. The minimum atomic E-state index is -2.85. The zero-order chi connectivity index (χ0) is 19.1. The average Bonchev–Trinajstić information content (AvgIpc) is 2.67. The third-order valence-corrected chi connectivity index (χ3v) is 4.72. The lowest BCUT2D eigenvalue weighted by atomic mass is 9.96. The van der Waals surface area contributed by atoms with E-state index in [-0.39, 0.29) is 17.6 Å². The van der Waals surface area contributed by atoms with Gasteiger partial charge < -0.3 is 10.1 Å². The second kappa shape index (κ2) is 9.46. The molecule has 3 rings (SSSR count). The quantitative estimate of drug-likeness (QED) is 0.801. The van der Waals surface area contributed by atoms with Crippen molar-refractivity contribution >= 4 is 5.91 Å². The molecule has 1 aliphatic heterocycles. The average molecular weight is 374 g/mol. The number of nitrogens with one attached hydrogen (secondary N) is 1. The molecular weight excluding hydrogens is 350 g/mol. The molecule has 2 aromatic carbocycles. The number of alkyl halides is 2. The van der Waals surface area contributed by atoms with Gasteiger partial charge in [-0.1, -0.05) is 42.5 Å². The van der Waals surface area contributed by atoms with Crippen molar-refractivity contribution in [3.8, 4) is 5.75 Å². The highest BCUT2D eigenvalue weighted by molar-refractivity contribution is 5.79. The third-order valence-electron chi connectivity index (χ3n) is 4.72. The number of carbonyl (C=O) groups excluding carboxylic acids is 1. The van der Waals surface area contributed by atoms with E-state index in [2.05, 4.69) is 27.1 Å². The molecule has 1 fully saturated rings. The Bertz CT molecular complexity index is 740. The van der Waals surface area contributed by atoms with E-state index in [0.717, 1.165) is 38.0 Å². The van der Waals surface area contributed by atoms with Crippen molar-refractivity contribution in [1.82, 2.24) is 10.2 Å². The summed E-state index contributed by atoms with van der Waals surface area (Å²) >= 11 is 0. The molecule has 0 saturated carbocycles. The van der Waals surface area contributed by atoms with Crippen molar-refractivity contribution < 1.29 is 18.3 Å². The van der Waals surface area contributed by atoms with Gasteiger partial charge in [-0.2, -0.15) is 8.78 Å². The Morgan fingerprint density at radius 1 is 1.15 bits per heavy atom. The van der Waals surface area contributed by atoms with E-state index in [1.165, 1.54) is 17.7 Å². The summed E-state index contributed by atoms with van der Waals surface area (Å²) in [5.41, 5.74) is 1.98. The van der Waals surface area contributed by atoms with Gasteiger partial charge in [-0.05, 0) is 42.6 Å². The normalized spacial score (nSPS) is 17.7. The molecule has 144 valence electrons. The van der Waals surface area contributed by atoms with Crippen molar-refractivity contribution in [2.24, 2.45) is 5.92 Å².